The van der Waals surface area contributed by atoms with Gasteiger partial charge in [-0.1, -0.05) is 59.8 Å². The van der Waals surface area contributed by atoms with Crippen LogP contribution in [0.3, 0.4) is 0 Å². The summed E-state index contributed by atoms with van der Waals surface area (Å²) in [6.07, 6.45) is 2.08. The lowest BCUT2D eigenvalue weighted by Gasteiger charge is -2.14. The molecule has 0 aliphatic heterocycles. The fourth-order valence-corrected chi connectivity index (χ4v) is 5.38. The Morgan fingerprint density at radius 3 is 2.31 bits per heavy atom. The van der Waals surface area contributed by atoms with Crippen LogP contribution in [0.5, 0.6) is 0 Å². The Bertz CT molecular complexity index is 1520. The van der Waals surface area contributed by atoms with Crippen LogP contribution in [-0.2, 0) is 6.54 Å². The molecule has 172 valence electrons. The second kappa shape index (κ2) is 9.65. The van der Waals surface area contributed by atoms with Crippen molar-refractivity contribution in [3.8, 4) is 6.07 Å². The lowest BCUT2D eigenvalue weighted by atomic mass is 10.1. The van der Waals surface area contributed by atoms with E-state index in [0.717, 1.165) is 28.3 Å². The predicted molar refractivity (Wildman–Crippen MR) is 142 cm³/mol. The summed E-state index contributed by atoms with van der Waals surface area (Å²) in [5, 5.41) is 13.3. The zero-order chi connectivity index (χ0) is 24.4. The van der Waals surface area contributed by atoms with E-state index in [1.54, 1.807) is 23.9 Å². The zero-order valence-electron chi connectivity index (χ0n) is 19.9. The first-order valence-electron chi connectivity index (χ1n) is 11.4. The average Bonchev–Trinajstić information content (AvgIpc) is 3.25. The van der Waals surface area contributed by atoms with Gasteiger partial charge < -0.3 is 9.88 Å². The van der Waals surface area contributed by atoms with Crippen LogP contribution in [0.4, 0.5) is 11.6 Å². The van der Waals surface area contributed by atoms with Crippen LogP contribution in [0.1, 0.15) is 27.8 Å². The van der Waals surface area contributed by atoms with Crippen LogP contribution in [0.15, 0.2) is 88.9 Å². The standard InChI is InChI=1S/C29H25N5S/c1-19-15-20(2)27(21(3)16-19)35-28-26-25(13-14-34(26)18-23-7-5-4-6-8-23)32-29(33-28)31-24-11-9-22(17-30)10-12-24/h4-16H,18H2,1-3H3,(H,31,32,33). The molecule has 2 aromatic heterocycles. The summed E-state index contributed by atoms with van der Waals surface area (Å²) >= 11 is 1.68. The summed E-state index contributed by atoms with van der Waals surface area (Å²) in [6.45, 7) is 7.18. The number of fused-ring (bicyclic) bond motifs is 1. The van der Waals surface area contributed by atoms with E-state index in [2.05, 4.69) is 79.3 Å². The van der Waals surface area contributed by atoms with Crippen LogP contribution in [-0.4, -0.2) is 14.5 Å². The summed E-state index contributed by atoms with van der Waals surface area (Å²) in [7, 11) is 0. The Morgan fingerprint density at radius 2 is 1.63 bits per heavy atom. The lowest BCUT2D eigenvalue weighted by Crippen LogP contribution is -2.03. The number of nitrogens with one attached hydrogen (secondary N) is 1. The molecular formula is C29H25N5S. The number of rotatable bonds is 6. The maximum absolute atomic E-state index is 9.08. The molecule has 0 bridgehead atoms. The molecule has 1 N–H and O–H groups in total. The van der Waals surface area contributed by atoms with Gasteiger partial charge in [0.25, 0.3) is 0 Å². The van der Waals surface area contributed by atoms with Crippen LogP contribution >= 0.6 is 11.8 Å². The summed E-state index contributed by atoms with van der Waals surface area (Å²) in [6, 6.07) is 26.4. The highest BCUT2D eigenvalue weighted by Crippen LogP contribution is 2.37. The molecule has 0 unspecified atom stereocenters. The monoisotopic (exact) mass is 475 g/mol. The molecule has 2 heterocycles. The number of nitrogens with zero attached hydrogens (tertiary/aromatic N) is 4. The second-order valence-electron chi connectivity index (χ2n) is 8.66. The summed E-state index contributed by atoms with van der Waals surface area (Å²) in [5.41, 5.74) is 8.32. The molecule has 0 aliphatic rings. The van der Waals surface area contributed by atoms with E-state index in [0.29, 0.717) is 11.5 Å². The van der Waals surface area contributed by atoms with Gasteiger partial charge in [-0.05, 0) is 67.8 Å². The van der Waals surface area contributed by atoms with Crippen molar-refractivity contribution in [3.63, 3.8) is 0 Å². The number of benzene rings is 3. The molecule has 0 spiro atoms. The summed E-state index contributed by atoms with van der Waals surface area (Å²) in [5.74, 6) is 0.532. The first-order valence-corrected chi connectivity index (χ1v) is 12.3. The molecule has 35 heavy (non-hydrogen) atoms. The third-order valence-electron chi connectivity index (χ3n) is 5.85. The maximum Gasteiger partial charge on any atom is 0.228 e. The van der Waals surface area contributed by atoms with E-state index in [9.17, 15) is 0 Å². The fraction of sp³-hybridized carbons (Fsp3) is 0.138. The molecule has 0 saturated carbocycles. The SMILES string of the molecule is Cc1cc(C)c(Sc2nc(Nc3ccc(C#N)cc3)nc3ccn(Cc4ccccc4)c23)c(C)c1. The van der Waals surface area contributed by atoms with Gasteiger partial charge in [0.15, 0.2) is 0 Å². The van der Waals surface area contributed by atoms with E-state index in [1.807, 2.05) is 24.3 Å². The molecule has 0 fully saturated rings. The average molecular weight is 476 g/mol. The first-order chi connectivity index (χ1) is 17.0. The number of hydrogen-bond donors (Lipinski definition) is 1. The Balaban J connectivity index is 1.60. The topological polar surface area (TPSA) is 66.5 Å². The summed E-state index contributed by atoms with van der Waals surface area (Å²) in [4.78, 5) is 11.0. The van der Waals surface area contributed by atoms with Gasteiger partial charge in [-0.25, -0.2) is 9.97 Å². The van der Waals surface area contributed by atoms with E-state index < -0.39 is 0 Å². The third kappa shape index (κ3) is 4.91. The van der Waals surface area contributed by atoms with Gasteiger partial charge in [-0.2, -0.15) is 5.26 Å². The van der Waals surface area contributed by atoms with Crippen LogP contribution < -0.4 is 5.32 Å². The van der Waals surface area contributed by atoms with Gasteiger partial charge in [0.1, 0.15) is 10.5 Å². The Morgan fingerprint density at radius 1 is 0.914 bits per heavy atom. The van der Waals surface area contributed by atoms with Crippen molar-refractivity contribution in [2.75, 3.05) is 5.32 Å². The lowest BCUT2D eigenvalue weighted by molar-refractivity contribution is 0.823. The van der Waals surface area contributed by atoms with E-state index in [4.69, 9.17) is 15.2 Å². The molecule has 5 nitrogen and oxygen atoms in total. The van der Waals surface area contributed by atoms with Gasteiger partial charge in [0.2, 0.25) is 5.95 Å². The van der Waals surface area contributed by atoms with Crippen molar-refractivity contribution in [1.29, 1.82) is 5.26 Å². The third-order valence-corrected chi connectivity index (χ3v) is 7.17. The molecule has 0 amide bonds. The predicted octanol–water partition coefficient (Wildman–Crippen LogP) is 7.17. The van der Waals surface area contributed by atoms with Gasteiger partial charge in [-0.3, -0.25) is 0 Å². The van der Waals surface area contributed by atoms with Crippen molar-refractivity contribution in [2.24, 2.45) is 0 Å². The van der Waals surface area contributed by atoms with Crippen molar-refractivity contribution in [3.05, 3.63) is 107 Å². The fourth-order valence-electron chi connectivity index (χ4n) is 4.29. The van der Waals surface area contributed by atoms with Crippen molar-refractivity contribution in [2.45, 2.75) is 37.2 Å². The van der Waals surface area contributed by atoms with Crippen LogP contribution in [0.25, 0.3) is 11.0 Å². The van der Waals surface area contributed by atoms with Crippen molar-refractivity contribution >= 4 is 34.4 Å². The van der Waals surface area contributed by atoms with Gasteiger partial charge in [0.05, 0.1) is 17.1 Å². The summed E-state index contributed by atoms with van der Waals surface area (Å²) < 4.78 is 2.22. The second-order valence-corrected chi connectivity index (χ2v) is 9.66. The molecule has 0 atom stereocenters. The smallest absolute Gasteiger partial charge is 0.228 e. The van der Waals surface area contributed by atoms with E-state index in [-0.39, 0.29) is 0 Å². The Hall–Kier alpha value is -4.08. The molecule has 5 rings (SSSR count). The molecule has 6 heteroatoms. The highest BCUT2D eigenvalue weighted by atomic mass is 32.2. The minimum atomic E-state index is 0.532. The highest BCUT2D eigenvalue weighted by molar-refractivity contribution is 7.99. The molecule has 0 saturated heterocycles. The maximum atomic E-state index is 9.08. The number of aryl methyl sites for hydroxylation is 3. The number of aromatic nitrogens is 3. The quantitative estimate of drug-likeness (QED) is 0.264. The van der Waals surface area contributed by atoms with E-state index in [1.165, 1.54) is 27.1 Å². The largest absolute Gasteiger partial charge is 0.340 e. The highest BCUT2D eigenvalue weighted by Gasteiger charge is 2.16. The molecule has 0 radical (unpaired) electrons. The molecule has 5 aromatic rings. The Kier molecular flexibility index (Phi) is 6.26. The van der Waals surface area contributed by atoms with Gasteiger partial charge in [-0.15, -0.1) is 0 Å². The molecule has 0 aliphatic carbocycles. The van der Waals surface area contributed by atoms with E-state index >= 15 is 0 Å². The number of anilines is 2. The van der Waals surface area contributed by atoms with Crippen LogP contribution in [0, 0.1) is 32.1 Å². The first kappa shape index (κ1) is 22.7. The minimum absolute atomic E-state index is 0.532. The Labute approximate surface area is 209 Å². The normalized spacial score (nSPS) is 10.9. The van der Waals surface area contributed by atoms with Crippen LogP contribution in [0.2, 0.25) is 0 Å². The molecule has 3 aromatic carbocycles. The molecular weight excluding hydrogens is 450 g/mol. The van der Waals surface area contributed by atoms with Gasteiger partial charge >= 0.3 is 0 Å². The zero-order valence-corrected chi connectivity index (χ0v) is 20.7. The minimum Gasteiger partial charge on any atom is -0.340 e. The number of nitriles is 1. The van der Waals surface area contributed by atoms with Crippen molar-refractivity contribution in [1.82, 2.24) is 14.5 Å². The number of hydrogen-bond acceptors (Lipinski definition) is 5. The van der Waals surface area contributed by atoms with Crippen molar-refractivity contribution < 1.29 is 0 Å². The van der Waals surface area contributed by atoms with Gasteiger partial charge in [0, 0.05) is 23.3 Å².